The first-order valence-electron chi connectivity index (χ1n) is 12.6. The van der Waals surface area contributed by atoms with Gasteiger partial charge in [-0.15, -0.1) is 0 Å². The van der Waals surface area contributed by atoms with Crippen molar-refractivity contribution in [2.45, 2.75) is 88.9 Å². The highest BCUT2D eigenvalue weighted by molar-refractivity contribution is 5.79. The van der Waals surface area contributed by atoms with Crippen LogP contribution in [0.3, 0.4) is 0 Å². The standard InChI is InChI=1S/C23H44N6O2/c1-15-5-6-18(27-22(30)16-7-10-25-21(12-16)31-2)13-20(15)29-23-26-11-8-19(28-23)17-4-3-9-24-14-17/h15-21,23-26,28-29H,3-14H2,1-2H3,(H,27,30). The van der Waals surface area contributed by atoms with Crippen LogP contribution in [-0.2, 0) is 9.53 Å². The molecular weight excluding hydrogens is 392 g/mol. The third-order valence-electron chi connectivity index (χ3n) is 8.03. The molecular formula is C23H44N6O2. The fourth-order valence-electron chi connectivity index (χ4n) is 5.95. The largest absolute Gasteiger partial charge is 0.367 e. The lowest BCUT2D eigenvalue weighted by molar-refractivity contribution is -0.128. The van der Waals surface area contributed by atoms with E-state index in [4.69, 9.17) is 4.74 Å². The first-order valence-corrected chi connectivity index (χ1v) is 12.6. The summed E-state index contributed by atoms with van der Waals surface area (Å²) >= 11 is 0. The van der Waals surface area contributed by atoms with Gasteiger partial charge in [0.1, 0.15) is 12.5 Å². The number of rotatable bonds is 6. The second kappa shape index (κ2) is 11.4. The van der Waals surface area contributed by atoms with Crippen molar-refractivity contribution in [1.29, 1.82) is 0 Å². The van der Waals surface area contributed by atoms with E-state index in [1.807, 2.05) is 0 Å². The van der Waals surface area contributed by atoms with E-state index in [1.165, 1.54) is 25.8 Å². The van der Waals surface area contributed by atoms with Crippen LogP contribution in [-0.4, -0.2) is 69.8 Å². The van der Waals surface area contributed by atoms with Gasteiger partial charge < -0.3 is 15.4 Å². The van der Waals surface area contributed by atoms with E-state index in [0.717, 1.165) is 57.7 Å². The maximum Gasteiger partial charge on any atom is 0.223 e. The van der Waals surface area contributed by atoms with E-state index < -0.39 is 0 Å². The number of nitrogens with one attached hydrogen (secondary N) is 6. The van der Waals surface area contributed by atoms with Crippen molar-refractivity contribution in [3.8, 4) is 0 Å². The number of carbonyl (C=O) groups is 1. The van der Waals surface area contributed by atoms with Crippen LogP contribution in [0.4, 0.5) is 0 Å². The van der Waals surface area contributed by atoms with Crippen molar-refractivity contribution < 1.29 is 9.53 Å². The topological polar surface area (TPSA) is 98.5 Å². The number of piperidine rings is 2. The third kappa shape index (κ3) is 6.39. The van der Waals surface area contributed by atoms with Gasteiger partial charge in [-0.05, 0) is 89.4 Å². The van der Waals surface area contributed by atoms with Gasteiger partial charge in [0.25, 0.3) is 0 Å². The van der Waals surface area contributed by atoms with E-state index in [0.29, 0.717) is 18.0 Å². The molecule has 1 amide bonds. The summed E-state index contributed by atoms with van der Waals surface area (Å²) in [6.07, 6.45) is 8.86. The Labute approximate surface area is 187 Å². The lowest BCUT2D eigenvalue weighted by Gasteiger charge is -2.43. The fraction of sp³-hybridized carbons (Fsp3) is 0.957. The smallest absolute Gasteiger partial charge is 0.223 e. The quantitative estimate of drug-likeness (QED) is 0.360. The highest BCUT2D eigenvalue weighted by atomic mass is 16.5. The summed E-state index contributed by atoms with van der Waals surface area (Å²) in [6.45, 7) is 6.55. The lowest BCUT2D eigenvalue weighted by Crippen LogP contribution is -2.66. The zero-order valence-electron chi connectivity index (χ0n) is 19.4. The van der Waals surface area contributed by atoms with Gasteiger partial charge in [-0.2, -0.15) is 0 Å². The SMILES string of the molecule is COC1CC(C(=O)NC2CCC(C)C(NC3NCCC(C4CCCNC4)N3)C2)CCN1. The Morgan fingerprint density at radius 2 is 1.87 bits per heavy atom. The van der Waals surface area contributed by atoms with Crippen molar-refractivity contribution in [2.75, 3.05) is 33.3 Å². The number of hydrogen-bond acceptors (Lipinski definition) is 7. The van der Waals surface area contributed by atoms with E-state index in [1.54, 1.807) is 7.11 Å². The number of amides is 1. The summed E-state index contributed by atoms with van der Waals surface area (Å²) in [4.78, 5) is 12.9. The maximum atomic E-state index is 12.9. The minimum atomic E-state index is 0.000976. The normalized spacial score (nSPS) is 42.1. The van der Waals surface area contributed by atoms with Crippen LogP contribution >= 0.6 is 0 Å². The molecule has 6 N–H and O–H groups in total. The molecule has 8 nitrogen and oxygen atoms in total. The molecule has 31 heavy (non-hydrogen) atoms. The first kappa shape index (κ1) is 23.4. The molecule has 8 heteroatoms. The lowest BCUT2D eigenvalue weighted by atomic mass is 9.82. The molecule has 8 atom stereocenters. The van der Waals surface area contributed by atoms with E-state index >= 15 is 0 Å². The van der Waals surface area contributed by atoms with Gasteiger partial charge >= 0.3 is 0 Å². The van der Waals surface area contributed by atoms with Crippen molar-refractivity contribution in [1.82, 2.24) is 31.9 Å². The minimum Gasteiger partial charge on any atom is -0.367 e. The van der Waals surface area contributed by atoms with Crippen LogP contribution in [0.5, 0.6) is 0 Å². The van der Waals surface area contributed by atoms with Crippen LogP contribution < -0.4 is 31.9 Å². The Morgan fingerprint density at radius 1 is 1.00 bits per heavy atom. The molecule has 3 saturated heterocycles. The van der Waals surface area contributed by atoms with Gasteiger partial charge in [-0.3, -0.25) is 26.1 Å². The maximum absolute atomic E-state index is 12.9. The minimum absolute atomic E-state index is 0.000976. The summed E-state index contributed by atoms with van der Waals surface area (Å²) in [7, 11) is 1.71. The highest BCUT2D eigenvalue weighted by Crippen LogP contribution is 2.26. The molecule has 4 rings (SSSR count). The Hall–Kier alpha value is -0.770. The van der Waals surface area contributed by atoms with Crippen LogP contribution in [0, 0.1) is 17.8 Å². The predicted molar refractivity (Wildman–Crippen MR) is 122 cm³/mol. The highest BCUT2D eigenvalue weighted by Gasteiger charge is 2.35. The summed E-state index contributed by atoms with van der Waals surface area (Å²) in [5, 5.41) is 21.6. The van der Waals surface area contributed by atoms with Gasteiger partial charge in [-0.25, -0.2) is 0 Å². The summed E-state index contributed by atoms with van der Waals surface area (Å²) in [5.74, 6) is 1.62. The number of carbonyl (C=O) groups excluding carboxylic acids is 1. The Balaban J connectivity index is 1.26. The molecule has 4 aliphatic rings. The number of hydrogen-bond donors (Lipinski definition) is 6. The van der Waals surface area contributed by atoms with E-state index in [-0.39, 0.29) is 30.4 Å². The molecule has 0 spiro atoms. The van der Waals surface area contributed by atoms with Gasteiger partial charge in [0.05, 0.1) is 0 Å². The monoisotopic (exact) mass is 436 g/mol. The number of ether oxygens (including phenoxy) is 1. The summed E-state index contributed by atoms with van der Waals surface area (Å²) < 4.78 is 5.41. The Bertz CT molecular complexity index is 572. The molecule has 178 valence electrons. The summed E-state index contributed by atoms with van der Waals surface area (Å²) in [5.41, 5.74) is 0. The van der Waals surface area contributed by atoms with Crippen molar-refractivity contribution >= 4 is 5.91 Å². The average Bonchev–Trinajstić information content (AvgIpc) is 2.82. The van der Waals surface area contributed by atoms with Crippen molar-refractivity contribution in [3.05, 3.63) is 0 Å². The fourth-order valence-corrected chi connectivity index (χ4v) is 5.95. The van der Waals surface area contributed by atoms with Crippen LogP contribution in [0.1, 0.15) is 58.3 Å². The van der Waals surface area contributed by atoms with Gasteiger partial charge in [-0.1, -0.05) is 6.92 Å². The summed E-state index contributed by atoms with van der Waals surface area (Å²) in [6, 6.07) is 1.25. The molecule has 1 saturated carbocycles. The zero-order valence-corrected chi connectivity index (χ0v) is 19.4. The molecule has 0 aromatic carbocycles. The molecule has 0 aromatic heterocycles. The van der Waals surface area contributed by atoms with Gasteiger partial charge in [0.15, 0.2) is 0 Å². The van der Waals surface area contributed by atoms with Crippen molar-refractivity contribution in [2.24, 2.45) is 17.8 Å². The van der Waals surface area contributed by atoms with Crippen LogP contribution in [0.2, 0.25) is 0 Å². The molecule has 3 heterocycles. The third-order valence-corrected chi connectivity index (χ3v) is 8.03. The molecule has 0 radical (unpaired) electrons. The average molecular weight is 437 g/mol. The molecule has 0 bridgehead atoms. The first-order chi connectivity index (χ1) is 15.1. The Morgan fingerprint density at radius 3 is 2.68 bits per heavy atom. The molecule has 3 aliphatic heterocycles. The van der Waals surface area contributed by atoms with E-state index in [2.05, 4.69) is 38.8 Å². The second-order valence-corrected chi connectivity index (χ2v) is 10.2. The van der Waals surface area contributed by atoms with Gasteiger partial charge in [0.2, 0.25) is 5.91 Å². The number of methoxy groups -OCH3 is 1. The second-order valence-electron chi connectivity index (χ2n) is 10.2. The predicted octanol–water partition coefficient (Wildman–Crippen LogP) is 0.456. The van der Waals surface area contributed by atoms with Crippen LogP contribution in [0.15, 0.2) is 0 Å². The molecule has 1 aliphatic carbocycles. The van der Waals surface area contributed by atoms with Gasteiger partial charge in [0, 0.05) is 31.2 Å². The zero-order chi connectivity index (χ0) is 21.6. The molecule has 0 aromatic rings. The Kier molecular flexibility index (Phi) is 8.59. The van der Waals surface area contributed by atoms with E-state index in [9.17, 15) is 4.79 Å². The van der Waals surface area contributed by atoms with Crippen molar-refractivity contribution in [3.63, 3.8) is 0 Å². The molecule has 4 fully saturated rings. The van der Waals surface area contributed by atoms with Crippen LogP contribution in [0.25, 0.3) is 0 Å². The molecule has 8 unspecified atom stereocenters.